The summed E-state index contributed by atoms with van der Waals surface area (Å²) in [5, 5.41) is 10.1. The van der Waals surface area contributed by atoms with Gasteiger partial charge in [0, 0.05) is 41.1 Å². The molecule has 2 aromatic carbocycles. The summed E-state index contributed by atoms with van der Waals surface area (Å²) in [5.41, 5.74) is 2.28. The second-order valence-electron chi connectivity index (χ2n) is 10.4. The van der Waals surface area contributed by atoms with Crippen molar-refractivity contribution < 1.29 is 17.5 Å². The van der Waals surface area contributed by atoms with Crippen molar-refractivity contribution in [2.45, 2.75) is 38.5 Å². The van der Waals surface area contributed by atoms with Gasteiger partial charge in [-0.1, -0.05) is 12.1 Å². The van der Waals surface area contributed by atoms with E-state index in [0.29, 0.717) is 45.3 Å². The molecule has 14 heteroatoms. The summed E-state index contributed by atoms with van der Waals surface area (Å²) in [6.07, 6.45) is 5.42. The smallest absolute Gasteiger partial charge is 0.238 e. The van der Waals surface area contributed by atoms with Crippen LogP contribution in [-0.4, -0.2) is 47.5 Å². The van der Waals surface area contributed by atoms with Crippen LogP contribution in [0.25, 0.3) is 22.0 Å². The number of halogens is 2. The number of aromatic nitrogens is 4. The molecule has 230 valence electrons. The van der Waals surface area contributed by atoms with E-state index in [9.17, 15) is 8.42 Å². The second-order valence-corrected chi connectivity index (χ2v) is 13.1. The van der Waals surface area contributed by atoms with Crippen molar-refractivity contribution >= 4 is 56.2 Å². The Labute approximate surface area is 265 Å². The quantitative estimate of drug-likeness (QED) is 0.169. The van der Waals surface area contributed by atoms with Crippen molar-refractivity contribution in [1.29, 1.82) is 0 Å². The lowest BCUT2D eigenvalue weighted by Gasteiger charge is -2.23. The van der Waals surface area contributed by atoms with Crippen LogP contribution >= 0.6 is 23.7 Å². The molecule has 0 radical (unpaired) electrons. The Balaban J connectivity index is 0.00000384. The first-order chi connectivity index (χ1) is 20.8. The van der Waals surface area contributed by atoms with Crippen molar-refractivity contribution in [1.82, 2.24) is 25.3 Å². The molecule has 1 aliphatic heterocycles. The van der Waals surface area contributed by atoms with Gasteiger partial charge in [0.05, 0.1) is 27.6 Å². The molecule has 0 spiro atoms. The third-order valence-corrected chi connectivity index (χ3v) is 9.10. The fourth-order valence-corrected chi connectivity index (χ4v) is 6.91. The van der Waals surface area contributed by atoms with Crippen LogP contribution < -0.4 is 20.1 Å². The van der Waals surface area contributed by atoms with Gasteiger partial charge in [0.15, 0.2) is 0 Å². The Morgan fingerprint density at radius 3 is 2.68 bits per heavy atom. The molecule has 0 saturated carbocycles. The number of anilines is 2. The number of aryl methyl sites for hydroxylation is 2. The van der Waals surface area contributed by atoms with Gasteiger partial charge in [0.25, 0.3) is 0 Å². The monoisotopic (exact) mass is 655 g/mol. The van der Waals surface area contributed by atoms with E-state index < -0.39 is 15.8 Å². The molecule has 3 N–H and O–H groups in total. The van der Waals surface area contributed by atoms with E-state index in [-0.39, 0.29) is 29.9 Å². The van der Waals surface area contributed by atoms with Crippen LogP contribution in [0.2, 0.25) is 0 Å². The predicted molar refractivity (Wildman–Crippen MR) is 174 cm³/mol. The van der Waals surface area contributed by atoms with Gasteiger partial charge in [-0.3, -0.25) is 4.72 Å². The number of thiazole rings is 1. The SMILES string of the molecule is Cc1nc(CS(=O)(=O)Nc2c(F)ccc3c(Oc4ncccc4-c4ccnc(NC5CCCNC5)n4)c(C)ccc23)cs1.Cl. The third-order valence-electron chi connectivity index (χ3n) is 7.09. The summed E-state index contributed by atoms with van der Waals surface area (Å²) in [6, 6.07) is 11.9. The van der Waals surface area contributed by atoms with Crippen molar-refractivity contribution in [3.05, 3.63) is 82.3 Å². The number of nitrogens with zero attached hydrogens (tertiary/aromatic N) is 4. The molecule has 1 unspecified atom stereocenters. The number of sulfonamides is 1. The molecule has 0 amide bonds. The van der Waals surface area contributed by atoms with Gasteiger partial charge in [-0.05, 0) is 69.1 Å². The molecule has 4 heterocycles. The Bertz CT molecular complexity index is 1900. The summed E-state index contributed by atoms with van der Waals surface area (Å²) in [7, 11) is -3.95. The van der Waals surface area contributed by atoms with Crippen molar-refractivity contribution in [3.8, 4) is 22.9 Å². The maximum Gasteiger partial charge on any atom is 0.238 e. The molecule has 5 aromatic rings. The van der Waals surface area contributed by atoms with Gasteiger partial charge >= 0.3 is 0 Å². The van der Waals surface area contributed by atoms with Gasteiger partial charge in [0.2, 0.25) is 21.9 Å². The second kappa shape index (κ2) is 13.4. The molecular formula is C30H31ClFN7O3S2. The topological polar surface area (TPSA) is 131 Å². The number of benzene rings is 2. The summed E-state index contributed by atoms with van der Waals surface area (Å²) in [4.78, 5) is 17.8. The fraction of sp³-hybridized carbons (Fsp3) is 0.267. The molecule has 6 rings (SSSR count). The first-order valence-electron chi connectivity index (χ1n) is 13.8. The normalized spacial score (nSPS) is 15.0. The zero-order chi connectivity index (χ0) is 30.0. The zero-order valence-electron chi connectivity index (χ0n) is 24.0. The summed E-state index contributed by atoms with van der Waals surface area (Å²) < 4.78 is 50.0. The van der Waals surface area contributed by atoms with Crippen LogP contribution in [0.15, 0.2) is 60.2 Å². The lowest BCUT2D eigenvalue weighted by atomic mass is 10.0. The van der Waals surface area contributed by atoms with E-state index in [1.54, 1.807) is 55.0 Å². The minimum Gasteiger partial charge on any atom is -0.437 e. The third kappa shape index (κ3) is 7.07. The zero-order valence-corrected chi connectivity index (χ0v) is 26.5. The van der Waals surface area contributed by atoms with Crippen LogP contribution in [0.5, 0.6) is 11.6 Å². The van der Waals surface area contributed by atoms with E-state index in [4.69, 9.17) is 9.72 Å². The number of pyridine rings is 1. The van der Waals surface area contributed by atoms with Crippen molar-refractivity contribution in [2.75, 3.05) is 23.1 Å². The minimum absolute atomic E-state index is 0. The molecule has 1 saturated heterocycles. The number of hydrogen-bond acceptors (Lipinski definition) is 10. The fourth-order valence-electron chi connectivity index (χ4n) is 5.06. The van der Waals surface area contributed by atoms with Crippen LogP contribution in [0.4, 0.5) is 16.0 Å². The van der Waals surface area contributed by atoms with Gasteiger partial charge in [-0.15, -0.1) is 23.7 Å². The number of nitrogens with one attached hydrogen (secondary N) is 3. The first kappa shape index (κ1) is 31.5. The van der Waals surface area contributed by atoms with Crippen LogP contribution in [-0.2, 0) is 15.8 Å². The number of hydrogen-bond donors (Lipinski definition) is 3. The van der Waals surface area contributed by atoms with E-state index >= 15 is 4.39 Å². The molecule has 1 fully saturated rings. The average Bonchev–Trinajstić information content (AvgIpc) is 3.40. The molecule has 0 bridgehead atoms. The highest BCUT2D eigenvalue weighted by molar-refractivity contribution is 7.91. The molecule has 3 aromatic heterocycles. The van der Waals surface area contributed by atoms with Gasteiger partial charge < -0.3 is 15.4 Å². The van der Waals surface area contributed by atoms with E-state index in [2.05, 4.69) is 30.3 Å². The highest BCUT2D eigenvalue weighted by Crippen LogP contribution is 2.39. The largest absolute Gasteiger partial charge is 0.437 e. The maximum atomic E-state index is 15.1. The molecule has 1 aliphatic rings. The molecular weight excluding hydrogens is 625 g/mol. The van der Waals surface area contributed by atoms with E-state index in [0.717, 1.165) is 36.5 Å². The molecule has 10 nitrogen and oxygen atoms in total. The molecule has 1 atom stereocenters. The van der Waals surface area contributed by atoms with Gasteiger partial charge in [-0.25, -0.2) is 32.7 Å². The lowest BCUT2D eigenvalue weighted by molar-refractivity contribution is 0.466. The van der Waals surface area contributed by atoms with Crippen LogP contribution in [0.3, 0.4) is 0 Å². The van der Waals surface area contributed by atoms with Gasteiger partial charge in [-0.2, -0.15) is 0 Å². The van der Waals surface area contributed by atoms with Crippen LogP contribution in [0.1, 0.15) is 29.1 Å². The van der Waals surface area contributed by atoms with E-state index in [1.807, 2.05) is 13.0 Å². The maximum absolute atomic E-state index is 15.1. The minimum atomic E-state index is -3.95. The number of rotatable bonds is 9. The Morgan fingerprint density at radius 2 is 1.91 bits per heavy atom. The highest BCUT2D eigenvalue weighted by atomic mass is 35.5. The van der Waals surface area contributed by atoms with Crippen molar-refractivity contribution in [3.63, 3.8) is 0 Å². The predicted octanol–water partition coefficient (Wildman–Crippen LogP) is 6.22. The summed E-state index contributed by atoms with van der Waals surface area (Å²) >= 11 is 1.36. The standard InChI is InChI=1S/C30H30FN7O3S2.ClH/c1-18-7-8-22-23(9-10-25(31)27(22)38-43(39,40)17-21-16-42-19(2)35-21)28(18)41-29-24(6-4-13-33-29)26-11-14-34-30(37-26)36-20-5-3-12-32-15-20;/h4,6-11,13-14,16,20,32,38H,3,5,12,15,17H2,1-2H3,(H,34,36,37);1H. The number of piperidine rings is 1. The highest BCUT2D eigenvalue weighted by Gasteiger charge is 2.21. The van der Waals surface area contributed by atoms with Crippen LogP contribution in [0, 0.1) is 19.7 Å². The Hall–Kier alpha value is -3.91. The van der Waals surface area contributed by atoms with E-state index in [1.165, 1.54) is 17.4 Å². The average molecular weight is 656 g/mol. The Kier molecular flexibility index (Phi) is 9.59. The van der Waals surface area contributed by atoms with Crippen molar-refractivity contribution in [2.24, 2.45) is 0 Å². The lowest BCUT2D eigenvalue weighted by Crippen LogP contribution is -2.38. The first-order valence-corrected chi connectivity index (χ1v) is 16.4. The Morgan fingerprint density at radius 1 is 1.07 bits per heavy atom. The van der Waals surface area contributed by atoms with Gasteiger partial charge in [0.1, 0.15) is 17.3 Å². The molecule has 0 aliphatic carbocycles. The number of fused-ring (bicyclic) bond motifs is 1. The number of ether oxygens (including phenoxy) is 1. The molecule has 44 heavy (non-hydrogen) atoms. The summed E-state index contributed by atoms with van der Waals surface area (Å²) in [6.45, 7) is 5.51. The summed E-state index contributed by atoms with van der Waals surface area (Å²) in [5.74, 6) is 0.170.